The van der Waals surface area contributed by atoms with Crippen LogP contribution in [0.3, 0.4) is 0 Å². The molecule has 0 fully saturated rings. The molecule has 0 aliphatic carbocycles. The number of thioether (sulfide) groups is 1. The summed E-state index contributed by atoms with van der Waals surface area (Å²) in [5.41, 5.74) is 2.34. The average molecular weight is 165 g/mol. The second-order valence-corrected chi connectivity index (χ2v) is 3.57. The predicted octanol–water partition coefficient (Wildman–Crippen LogP) is 1.57. The molecule has 1 aromatic heterocycles. The Bertz CT molecular complexity index is 287. The highest BCUT2D eigenvalue weighted by atomic mass is 32.2. The Labute approximate surface area is 69.0 Å². The molecule has 1 atom stereocenters. The molecular formula is C8H7NOS. The third-order valence-electron chi connectivity index (χ3n) is 1.79. The fourth-order valence-corrected chi connectivity index (χ4v) is 2.31. The van der Waals surface area contributed by atoms with E-state index in [4.69, 9.17) is 0 Å². The molecule has 0 amide bonds. The fourth-order valence-electron chi connectivity index (χ4n) is 1.22. The number of hydrogen-bond acceptors (Lipinski definition) is 3. The Morgan fingerprint density at radius 1 is 1.73 bits per heavy atom. The van der Waals surface area contributed by atoms with Gasteiger partial charge in [0.05, 0.1) is 5.25 Å². The summed E-state index contributed by atoms with van der Waals surface area (Å²) in [6, 6.07) is 1.92. The Morgan fingerprint density at radius 2 is 2.64 bits per heavy atom. The van der Waals surface area contributed by atoms with Gasteiger partial charge in [0.15, 0.2) is 0 Å². The van der Waals surface area contributed by atoms with Crippen LogP contribution in [-0.4, -0.2) is 11.3 Å². The summed E-state index contributed by atoms with van der Waals surface area (Å²) in [5.74, 6) is 0.923. The maximum atomic E-state index is 10.5. The molecule has 0 saturated carbocycles. The van der Waals surface area contributed by atoms with Crippen molar-refractivity contribution in [2.45, 2.75) is 11.0 Å². The predicted molar refractivity (Wildman–Crippen MR) is 44.3 cm³/mol. The van der Waals surface area contributed by atoms with E-state index in [9.17, 15) is 4.79 Å². The minimum absolute atomic E-state index is 0.0491. The maximum Gasteiger partial charge on any atom is 0.137 e. The number of fused-ring (bicyclic) bond motifs is 1. The SMILES string of the molecule is O=CC1SCc2cnccc21. The zero-order valence-corrected chi connectivity index (χ0v) is 6.67. The monoisotopic (exact) mass is 165 g/mol. The standard InChI is InChI=1S/C8H7NOS/c10-4-8-7-1-2-9-3-6(7)5-11-8/h1-4,8H,5H2. The van der Waals surface area contributed by atoms with Crippen molar-refractivity contribution in [1.82, 2.24) is 4.98 Å². The molecule has 1 aromatic rings. The second-order valence-electron chi connectivity index (χ2n) is 2.44. The van der Waals surface area contributed by atoms with Crippen LogP contribution in [0.25, 0.3) is 0 Å². The Balaban J connectivity index is 2.46. The minimum atomic E-state index is 0.0491. The molecule has 0 saturated heterocycles. The fraction of sp³-hybridized carbons (Fsp3) is 0.250. The van der Waals surface area contributed by atoms with Gasteiger partial charge in [-0.1, -0.05) is 0 Å². The van der Waals surface area contributed by atoms with Gasteiger partial charge in [0.2, 0.25) is 0 Å². The Morgan fingerprint density at radius 3 is 3.45 bits per heavy atom. The van der Waals surface area contributed by atoms with Crippen LogP contribution >= 0.6 is 11.8 Å². The molecule has 2 nitrogen and oxygen atoms in total. The molecule has 2 heterocycles. The highest BCUT2D eigenvalue weighted by Crippen LogP contribution is 2.39. The zero-order valence-electron chi connectivity index (χ0n) is 5.86. The molecule has 56 valence electrons. The van der Waals surface area contributed by atoms with Gasteiger partial charge in [-0.25, -0.2) is 0 Å². The first-order valence-electron chi connectivity index (χ1n) is 3.41. The number of aldehydes is 1. The highest BCUT2D eigenvalue weighted by molar-refractivity contribution is 7.99. The lowest BCUT2D eigenvalue weighted by Gasteiger charge is -1.98. The molecule has 1 aliphatic heterocycles. The van der Waals surface area contributed by atoms with Crippen LogP contribution in [0.2, 0.25) is 0 Å². The molecule has 2 rings (SSSR count). The van der Waals surface area contributed by atoms with E-state index in [1.54, 1.807) is 18.0 Å². The number of carbonyl (C=O) groups is 1. The van der Waals surface area contributed by atoms with Crippen molar-refractivity contribution in [3.8, 4) is 0 Å². The van der Waals surface area contributed by atoms with Crippen LogP contribution in [0.5, 0.6) is 0 Å². The van der Waals surface area contributed by atoms with Crippen molar-refractivity contribution >= 4 is 18.0 Å². The molecule has 0 N–H and O–H groups in total. The summed E-state index contributed by atoms with van der Waals surface area (Å²) in [7, 11) is 0. The van der Waals surface area contributed by atoms with Crippen LogP contribution in [0.1, 0.15) is 16.4 Å². The number of nitrogens with zero attached hydrogens (tertiary/aromatic N) is 1. The Hall–Kier alpha value is -0.830. The van der Waals surface area contributed by atoms with Crippen molar-refractivity contribution in [2.24, 2.45) is 0 Å². The van der Waals surface area contributed by atoms with Gasteiger partial charge in [0.25, 0.3) is 0 Å². The lowest BCUT2D eigenvalue weighted by Crippen LogP contribution is -1.90. The molecular weight excluding hydrogens is 158 g/mol. The zero-order chi connectivity index (χ0) is 7.68. The van der Waals surface area contributed by atoms with Gasteiger partial charge in [0, 0.05) is 18.1 Å². The van der Waals surface area contributed by atoms with Crippen LogP contribution < -0.4 is 0 Å². The van der Waals surface area contributed by atoms with Crippen molar-refractivity contribution < 1.29 is 4.79 Å². The summed E-state index contributed by atoms with van der Waals surface area (Å²) in [4.78, 5) is 14.5. The molecule has 1 unspecified atom stereocenters. The maximum absolute atomic E-state index is 10.5. The van der Waals surface area contributed by atoms with Crippen LogP contribution in [0, 0.1) is 0 Å². The van der Waals surface area contributed by atoms with E-state index < -0.39 is 0 Å². The third-order valence-corrected chi connectivity index (χ3v) is 2.99. The topological polar surface area (TPSA) is 30.0 Å². The van der Waals surface area contributed by atoms with Crippen LogP contribution in [0.4, 0.5) is 0 Å². The van der Waals surface area contributed by atoms with E-state index in [1.807, 2.05) is 12.3 Å². The third kappa shape index (κ3) is 1.05. The van der Waals surface area contributed by atoms with Crippen molar-refractivity contribution in [2.75, 3.05) is 0 Å². The molecule has 0 bridgehead atoms. The molecule has 0 aromatic carbocycles. The smallest absolute Gasteiger partial charge is 0.137 e. The van der Waals surface area contributed by atoms with Gasteiger partial charge in [-0.15, -0.1) is 11.8 Å². The van der Waals surface area contributed by atoms with E-state index in [0.29, 0.717) is 0 Å². The number of aromatic nitrogens is 1. The summed E-state index contributed by atoms with van der Waals surface area (Å²) >= 11 is 1.66. The van der Waals surface area contributed by atoms with Crippen molar-refractivity contribution in [3.05, 3.63) is 29.6 Å². The summed E-state index contributed by atoms with van der Waals surface area (Å²) in [5, 5.41) is 0.0491. The first-order chi connectivity index (χ1) is 5.42. The van der Waals surface area contributed by atoms with E-state index in [1.165, 1.54) is 5.56 Å². The number of rotatable bonds is 1. The van der Waals surface area contributed by atoms with Gasteiger partial charge in [-0.05, 0) is 17.2 Å². The molecule has 1 aliphatic rings. The highest BCUT2D eigenvalue weighted by Gasteiger charge is 2.21. The normalized spacial score (nSPS) is 21.3. The van der Waals surface area contributed by atoms with Crippen LogP contribution in [0.15, 0.2) is 18.5 Å². The van der Waals surface area contributed by atoms with Gasteiger partial charge < -0.3 is 4.79 Å². The quantitative estimate of drug-likeness (QED) is 0.592. The minimum Gasteiger partial charge on any atom is -0.302 e. The lowest BCUT2D eigenvalue weighted by atomic mass is 10.1. The van der Waals surface area contributed by atoms with Crippen molar-refractivity contribution in [1.29, 1.82) is 0 Å². The van der Waals surface area contributed by atoms with Gasteiger partial charge in [-0.3, -0.25) is 4.98 Å². The molecule has 3 heteroatoms. The first kappa shape index (κ1) is 6.85. The molecule has 0 spiro atoms. The summed E-state index contributed by atoms with van der Waals surface area (Å²) < 4.78 is 0. The van der Waals surface area contributed by atoms with Gasteiger partial charge in [0.1, 0.15) is 6.29 Å². The lowest BCUT2D eigenvalue weighted by molar-refractivity contribution is -0.107. The number of carbonyl (C=O) groups excluding carboxylic acids is 1. The van der Waals surface area contributed by atoms with Crippen molar-refractivity contribution in [3.63, 3.8) is 0 Å². The Kier molecular flexibility index (Phi) is 1.66. The molecule has 0 radical (unpaired) electrons. The number of pyridine rings is 1. The largest absolute Gasteiger partial charge is 0.302 e. The van der Waals surface area contributed by atoms with Gasteiger partial charge in [-0.2, -0.15) is 0 Å². The van der Waals surface area contributed by atoms with E-state index in [0.717, 1.165) is 17.6 Å². The summed E-state index contributed by atoms with van der Waals surface area (Å²) in [6.45, 7) is 0. The summed E-state index contributed by atoms with van der Waals surface area (Å²) in [6.07, 6.45) is 4.57. The van der Waals surface area contributed by atoms with E-state index in [-0.39, 0.29) is 5.25 Å². The van der Waals surface area contributed by atoms with Crippen LogP contribution in [-0.2, 0) is 10.5 Å². The van der Waals surface area contributed by atoms with E-state index >= 15 is 0 Å². The average Bonchev–Trinajstić information content (AvgIpc) is 2.47. The number of hydrogen-bond donors (Lipinski definition) is 0. The first-order valence-corrected chi connectivity index (χ1v) is 4.46. The molecule has 11 heavy (non-hydrogen) atoms. The second kappa shape index (κ2) is 2.66. The van der Waals surface area contributed by atoms with Gasteiger partial charge >= 0.3 is 0 Å². The van der Waals surface area contributed by atoms with E-state index in [2.05, 4.69) is 4.98 Å².